The molecule has 1 aromatic carbocycles. The molecule has 0 bridgehead atoms. The summed E-state index contributed by atoms with van der Waals surface area (Å²) in [6.07, 6.45) is 1.04. The molecule has 1 amide bonds. The highest BCUT2D eigenvalue weighted by Crippen LogP contribution is 2.20. The summed E-state index contributed by atoms with van der Waals surface area (Å²) in [7, 11) is 1.88. The number of nitrogens with zero attached hydrogens (tertiary/aromatic N) is 2. The van der Waals surface area contributed by atoms with Gasteiger partial charge in [-0.25, -0.2) is 0 Å². The third-order valence-electron chi connectivity index (χ3n) is 3.53. The Morgan fingerprint density at radius 1 is 1.12 bits per heavy atom. The Hall–Kier alpha value is -1.51. The zero-order valence-corrected chi connectivity index (χ0v) is 10.9. The highest BCUT2D eigenvalue weighted by molar-refractivity contribution is 5.81. The number of benzene rings is 1. The lowest BCUT2D eigenvalue weighted by Gasteiger charge is -2.22. The molecule has 0 saturated carbocycles. The molecule has 92 valence electrons. The smallest absolute Gasteiger partial charge is 0.241 e. The summed E-state index contributed by atoms with van der Waals surface area (Å²) >= 11 is 0. The lowest BCUT2D eigenvalue weighted by atomic mass is 10.1. The molecule has 3 nitrogen and oxygen atoms in total. The fourth-order valence-electron chi connectivity index (χ4n) is 2.13. The Morgan fingerprint density at radius 2 is 1.88 bits per heavy atom. The summed E-state index contributed by atoms with van der Waals surface area (Å²) in [5.41, 5.74) is 3.75. The summed E-state index contributed by atoms with van der Waals surface area (Å²) in [4.78, 5) is 15.8. The number of amides is 1. The lowest BCUT2D eigenvalue weighted by molar-refractivity contribution is -0.127. The van der Waals surface area contributed by atoms with Crippen LogP contribution in [0.3, 0.4) is 0 Å². The van der Waals surface area contributed by atoms with Crippen molar-refractivity contribution in [3.05, 3.63) is 29.3 Å². The second-order valence-corrected chi connectivity index (χ2v) is 4.86. The van der Waals surface area contributed by atoms with Crippen LogP contribution in [0.15, 0.2) is 18.2 Å². The standard InChI is InChI=1S/C14H20N2O/c1-11-5-6-13(9-12(11)2)16-8-4-7-15(3)14(17)10-16/h5-6,9H,4,7-8,10H2,1-3H3. The molecule has 0 radical (unpaired) electrons. The van der Waals surface area contributed by atoms with Crippen LogP contribution in [0.1, 0.15) is 17.5 Å². The average molecular weight is 232 g/mol. The molecule has 3 heteroatoms. The number of carbonyl (C=O) groups is 1. The van der Waals surface area contributed by atoms with Crippen LogP contribution in [0.5, 0.6) is 0 Å². The number of carbonyl (C=O) groups excluding carboxylic acids is 1. The van der Waals surface area contributed by atoms with Crippen molar-refractivity contribution in [1.82, 2.24) is 4.90 Å². The zero-order chi connectivity index (χ0) is 12.4. The third kappa shape index (κ3) is 2.60. The summed E-state index contributed by atoms with van der Waals surface area (Å²) in [6.45, 7) is 6.54. The van der Waals surface area contributed by atoms with Gasteiger partial charge in [-0.3, -0.25) is 4.79 Å². The maximum absolute atomic E-state index is 11.8. The van der Waals surface area contributed by atoms with Crippen LogP contribution in [0.2, 0.25) is 0 Å². The van der Waals surface area contributed by atoms with E-state index in [2.05, 4.69) is 36.9 Å². The van der Waals surface area contributed by atoms with E-state index in [-0.39, 0.29) is 5.91 Å². The minimum atomic E-state index is 0.209. The van der Waals surface area contributed by atoms with E-state index in [0.29, 0.717) is 6.54 Å². The SMILES string of the molecule is Cc1ccc(N2CCCN(C)C(=O)C2)cc1C. The Morgan fingerprint density at radius 3 is 2.59 bits per heavy atom. The van der Waals surface area contributed by atoms with Gasteiger partial charge in [0.05, 0.1) is 6.54 Å². The molecule has 17 heavy (non-hydrogen) atoms. The van der Waals surface area contributed by atoms with Crippen LogP contribution in [0, 0.1) is 13.8 Å². The van der Waals surface area contributed by atoms with E-state index in [1.807, 2.05) is 11.9 Å². The largest absolute Gasteiger partial charge is 0.362 e. The van der Waals surface area contributed by atoms with E-state index in [1.54, 1.807) is 0 Å². The zero-order valence-electron chi connectivity index (χ0n) is 10.9. The van der Waals surface area contributed by atoms with E-state index < -0.39 is 0 Å². The molecule has 0 aromatic heterocycles. The molecule has 0 atom stereocenters. The molecule has 2 rings (SSSR count). The maximum atomic E-state index is 11.8. The molecule has 1 saturated heterocycles. The number of hydrogen-bond donors (Lipinski definition) is 0. The molecule has 1 aliphatic rings. The van der Waals surface area contributed by atoms with Crippen molar-refractivity contribution in [1.29, 1.82) is 0 Å². The molecule has 1 aromatic rings. The van der Waals surface area contributed by atoms with Crippen LogP contribution in [-0.2, 0) is 4.79 Å². The first-order valence-electron chi connectivity index (χ1n) is 6.14. The minimum absolute atomic E-state index is 0.209. The second kappa shape index (κ2) is 4.78. The van der Waals surface area contributed by atoms with E-state index >= 15 is 0 Å². The summed E-state index contributed by atoms with van der Waals surface area (Å²) in [5, 5.41) is 0. The molecule has 0 aliphatic carbocycles. The van der Waals surface area contributed by atoms with Gasteiger partial charge in [-0.05, 0) is 43.5 Å². The maximum Gasteiger partial charge on any atom is 0.241 e. The first-order chi connectivity index (χ1) is 8.08. The van der Waals surface area contributed by atoms with Crippen molar-refractivity contribution in [2.24, 2.45) is 0 Å². The van der Waals surface area contributed by atoms with Crippen molar-refractivity contribution in [2.45, 2.75) is 20.3 Å². The summed E-state index contributed by atoms with van der Waals surface area (Å²) < 4.78 is 0. The van der Waals surface area contributed by atoms with Gasteiger partial charge >= 0.3 is 0 Å². The van der Waals surface area contributed by atoms with Gasteiger partial charge in [-0.2, -0.15) is 0 Å². The number of rotatable bonds is 1. The van der Waals surface area contributed by atoms with Crippen LogP contribution >= 0.6 is 0 Å². The third-order valence-corrected chi connectivity index (χ3v) is 3.53. The van der Waals surface area contributed by atoms with Crippen LogP contribution in [0.25, 0.3) is 0 Å². The average Bonchev–Trinajstić information content (AvgIpc) is 2.46. The summed E-state index contributed by atoms with van der Waals surface area (Å²) in [6, 6.07) is 6.42. The predicted octanol–water partition coefficient (Wildman–Crippen LogP) is 1.97. The first-order valence-corrected chi connectivity index (χ1v) is 6.14. The van der Waals surface area contributed by atoms with Crippen molar-refractivity contribution in [3.63, 3.8) is 0 Å². The highest BCUT2D eigenvalue weighted by Gasteiger charge is 2.19. The van der Waals surface area contributed by atoms with E-state index in [4.69, 9.17) is 0 Å². The van der Waals surface area contributed by atoms with E-state index in [0.717, 1.165) is 25.2 Å². The van der Waals surface area contributed by atoms with Crippen LogP contribution < -0.4 is 4.90 Å². The molecule has 1 aliphatic heterocycles. The van der Waals surface area contributed by atoms with Gasteiger partial charge in [-0.1, -0.05) is 6.07 Å². The lowest BCUT2D eigenvalue weighted by Crippen LogP contribution is -2.34. The molecule has 1 fully saturated rings. The normalized spacial score (nSPS) is 17.2. The Labute approximate surface area is 103 Å². The first kappa shape index (κ1) is 12.0. The Balaban J connectivity index is 2.21. The fraction of sp³-hybridized carbons (Fsp3) is 0.500. The van der Waals surface area contributed by atoms with Crippen LogP contribution in [0.4, 0.5) is 5.69 Å². The number of hydrogen-bond acceptors (Lipinski definition) is 2. The van der Waals surface area contributed by atoms with Gasteiger partial charge in [0.2, 0.25) is 5.91 Å². The van der Waals surface area contributed by atoms with Crippen molar-refractivity contribution < 1.29 is 4.79 Å². The number of anilines is 1. The molecule has 0 spiro atoms. The van der Waals surface area contributed by atoms with Gasteiger partial charge in [0.25, 0.3) is 0 Å². The molecule has 0 N–H and O–H groups in total. The van der Waals surface area contributed by atoms with Crippen molar-refractivity contribution in [2.75, 3.05) is 31.6 Å². The van der Waals surface area contributed by atoms with Crippen molar-refractivity contribution in [3.8, 4) is 0 Å². The molecule has 1 heterocycles. The Kier molecular flexibility index (Phi) is 3.36. The van der Waals surface area contributed by atoms with Crippen LogP contribution in [-0.4, -0.2) is 37.5 Å². The van der Waals surface area contributed by atoms with Gasteiger partial charge in [-0.15, -0.1) is 0 Å². The summed E-state index contributed by atoms with van der Waals surface area (Å²) in [5.74, 6) is 0.209. The molecule has 0 unspecified atom stereocenters. The van der Waals surface area contributed by atoms with Gasteiger partial charge in [0.15, 0.2) is 0 Å². The number of aryl methyl sites for hydroxylation is 2. The van der Waals surface area contributed by atoms with Gasteiger partial charge < -0.3 is 9.80 Å². The van der Waals surface area contributed by atoms with Gasteiger partial charge in [0, 0.05) is 25.8 Å². The monoisotopic (exact) mass is 232 g/mol. The van der Waals surface area contributed by atoms with E-state index in [9.17, 15) is 4.79 Å². The molecular formula is C14H20N2O. The van der Waals surface area contributed by atoms with Gasteiger partial charge in [0.1, 0.15) is 0 Å². The Bertz CT molecular complexity index is 428. The number of likely N-dealkylation sites (N-methyl/N-ethyl adjacent to an activating group) is 1. The quantitative estimate of drug-likeness (QED) is 0.739. The van der Waals surface area contributed by atoms with E-state index in [1.165, 1.54) is 11.1 Å². The minimum Gasteiger partial charge on any atom is -0.362 e. The highest BCUT2D eigenvalue weighted by atomic mass is 16.2. The topological polar surface area (TPSA) is 23.6 Å². The predicted molar refractivity (Wildman–Crippen MR) is 70.4 cm³/mol. The van der Waals surface area contributed by atoms with Crippen molar-refractivity contribution >= 4 is 11.6 Å². The molecular weight excluding hydrogens is 212 g/mol. The fourth-order valence-corrected chi connectivity index (χ4v) is 2.13. The second-order valence-electron chi connectivity index (χ2n) is 4.86.